The molecule has 0 aromatic rings. The molecule has 4 heteroatoms. The summed E-state index contributed by atoms with van der Waals surface area (Å²) < 4.78 is 5.87. The van der Waals surface area contributed by atoms with Crippen LogP contribution >= 0.6 is 15.9 Å². The van der Waals surface area contributed by atoms with Gasteiger partial charge in [-0.25, -0.2) is 0 Å². The number of rotatable bonds is 5. The summed E-state index contributed by atoms with van der Waals surface area (Å²) in [6, 6.07) is 0. The Morgan fingerprint density at radius 1 is 1.69 bits per heavy atom. The van der Waals surface area contributed by atoms with Crippen LogP contribution in [0.4, 0.5) is 0 Å². The van der Waals surface area contributed by atoms with E-state index in [-0.39, 0.29) is 5.91 Å². The number of halogens is 1. The zero-order valence-corrected chi connectivity index (χ0v) is 9.90. The first kappa shape index (κ1) is 12.7. The van der Waals surface area contributed by atoms with E-state index >= 15 is 0 Å². The summed E-state index contributed by atoms with van der Waals surface area (Å²) in [5.74, 6) is -0.113. The number of hydrogen-bond donors (Lipinski definition) is 1. The van der Waals surface area contributed by atoms with Gasteiger partial charge >= 0.3 is 0 Å². The molecule has 0 aromatic carbocycles. The molecule has 0 saturated heterocycles. The van der Waals surface area contributed by atoms with Crippen LogP contribution in [-0.4, -0.2) is 25.2 Å². The van der Waals surface area contributed by atoms with Crippen molar-refractivity contribution in [2.45, 2.75) is 25.9 Å². The van der Waals surface area contributed by atoms with E-state index in [2.05, 4.69) is 27.8 Å². The minimum Gasteiger partial charge on any atom is -0.369 e. The van der Waals surface area contributed by atoms with Crippen molar-refractivity contribution in [3.63, 3.8) is 0 Å². The Bertz CT molecular complexity index is 200. The molecule has 0 heterocycles. The lowest BCUT2D eigenvalue weighted by Gasteiger charge is -2.25. The van der Waals surface area contributed by atoms with Crippen molar-refractivity contribution in [1.29, 1.82) is 0 Å². The molecule has 0 bridgehead atoms. The van der Waals surface area contributed by atoms with Gasteiger partial charge in [-0.1, -0.05) is 29.4 Å². The monoisotopic (exact) mass is 249 g/mol. The fraction of sp³-hybridized carbons (Fsp3) is 0.667. The lowest BCUT2D eigenvalue weighted by molar-refractivity contribution is -0.141. The van der Waals surface area contributed by atoms with Gasteiger partial charge in [0.25, 0.3) is 5.91 Å². The smallest absolute Gasteiger partial charge is 0.252 e. The van der Waals surface area contributed by atoms with Gasteiger partial charge in [0.15, 0.2) is 0 Å². The summed E-state index contributed by atoms with van der Waals surface area (Å²) in [6.07, 6.45) is 0.643. The Hall–Kier alpha value is -0.350. The van der Waals surface area contributed by atoms with Crippen LogP contribution in [0.1, 0.15) is 20.3 Å². The van der Waals surface area contributed by atoms with Gasteiger partial charge in [-0.3, -0.25) is 4.79 Å². The van der Waals surface area contributed by atoms with Crippen LogP contribution in [0, 0.1) is 0 Å². The summed E-state index contributed by atoms with van der Waals surface area (Å²) in [5, 5.41) is 2.71. The third-order valence-electron chi connectivity index (χ3n) is 2.05. The van der Waals surface area contributed by atoms with Gasteiger partial charge in [0.1, 0.15) is 5.60 Å². The second kappa shape index (κ2) is 5.40. The summed E-state index contributed by atoms with van der Waals surface area (Å²) >= 11 is 3.16. The fourth-order valence-electron chi connectivity index (χ4n) is 0.761. The van der Waals surface area contributed by atoms with E-state index in [0.717, 1.165) is 4.48 Å². The van der Waals surface area contributed by atoms with Crippen molar-refractivity contribution in [2.24, 2.45) is 0 Å². The van der Waals surface area contributed by atoms with Gasteiger partial charge in [-0.2, -0.15) is 0 Å². The molecule has 0 rings (SSSR count). The number of amides is 1. The molecule has 76 valence electrons. The molecule has 0 radical (unpaired) electrons. The molecule has 1 amide bonds. The molecule has 13 heavy (non-hydrogen) atoms. The van der Waals surface area contributed by atoms with E-state index in [1.165, 1.54) is 7.11 Å². The van der Waals surface area contributed by atoms with Gasteiger partial charge in [-0.05, 0) is 13.3 Å². The number of carbonyl (C=O) groups is 1. The van der Waals surface area contributed by atoms with Crippen LogP contribution in [0.2, 0.25) is 0 Å². The molecule has 0 saturated carbocycles. The second-order valence-corrected chi connectivity index (χ2v) is 4.11. The summed E-state index contributed by atoms with van der Waals surface area (Å²) in [5.41, 5.74) is -0.734. The van der Waals surface area contributed by atoms with E-state index in [0.29, 0.717) is 13.0 Å². The fourth-order valence-corrected chi connectivity index (χ4v) is 0.901. The summed E-state index contributed by atoms with van der Waals surface area (Å²) in [4.78, 5) is 11.5. The van der Waals surface area contributed by atoms with Crippen molar-refractivity contribution in [3.05, 3.63) is 11.1 Å². The Morgan fingerprint density at radius 3 is 2.54 bits per heavy atom. The Kier molecular flexibility index (Phi) is 5.25. The molecule has 0 aromatic heterocycles. The van der Waals surface area contributed by atoms with Crippen LogP contribution in [-0.2, 0) is 9.53 Å². The summed E-state index contributed by atoms with van der Waals surface area (Å²) in [6.45, 7) is 7.72. The van der Waals surface area contributed by atoms with E-state index in [9.17, 15) is 4.79 Å². The Labute approximate surface area is 87.7 Å². The SMILES string of the molecule is C=C(Br)CNC(=O)C(C)(CC)OC. The highest BCUT2D eigenvalue weighted by Gasteiger charge is 2.30. The molecule has 0 fully saturated rings. The average molecular weight is 250 g/mol. The standard InChI is InChI=1S/C9H16BrNO2/c1-5-9(3,13-4)8(12)11-6-7(2)10/h2,5-6H2,1,3-4H3,(H,11,12). The second-order valence-electron chi connectivity index (χ2n) is 2.99. The maximum Gasteiger partial charge on any atom is 0.252 e. The molecule has 0 aliphatic heterocycles. The zero-order chi connectivity index (χ0) is 10.5. The molecule has 0 aliphatic rings. The summed E-state index contributed by atoms with van der Waals surface area (Å²) in [7, 11) is 1.53. The first-order valence-corrected chi connectivity index (χ1v) is 4.92. The van der Waals surface area contributed by atoms with E-state index < -0.39 is 5.60 Å². The first-order valence-electron chi connectivity index (χ1n) is 4.13. The highest BCUT2D eigenvalue weighted by atomic mass is 79.9. The molecule has 0 spiro atoms. The number of nitrogens with one attached hydrogen (secondary N) is 1. The third kappa shape index (κ3) is 3.91. The average Bonchev–Trinajstić information content (AvgIpc) is 2.12. The van der Waals surface area contributed by atoms with Crippen LogP contribution in [0.15, 0.2) is 11.1 Å². The maximum atomic E-state index is 11.5. The predicted molar refractivity (Wildman–Crippen MR) is 56.8 cm³/mol. The van der Waals surface area contributed by atoms with E-state index in [1.54, 1.807) is 6.92 Å². The molecular formula is C9H16BrNO2. The van der Waals surface area contributed by atoms with Crippen molar-refractivity contribution < 1.29 is 9.53 Å². The minimum atomic E-state index is -0.734. The van der Waals surface area contributed by atoms with Crippen LogP contribution in [0.5, 0.6) is 0 Å². The van der Waals surface area contributed by atoms with Crippen molar-refractivity contribution >= 4 is 21.8 Å². The highest BCUT2D eigenvalue weighted by Crippen LogP contribution is 2.13. The quantitative estimate of drug-likeness (QED) is 0.808. The van der Waals surface area contributed by atoms with Crippen molar-refractivity contribution in [2.75, 3.05) is 13.7 Å². The number of methoxy groups -OCH3 is 1. The molecular weight excluding hydrogens is 234 g/mol. The molecule has 1 atom stereocenters. The number of carbonyl (C=O) groups excluding carboxylic acids is 1. The van der Waals surface area contributed by atoms with Gasteiger partial charge in [0.05, 0.1) is 0 Å². The maximum absolute atomic E-state index is 11.5. The molecule has 1 N–H and O–H groups in total. The minimum absolute atomic E-state index is 0.113. The van der Waals surface area contributed by atoms with E-state index in [4.69, 9.17) is 4.74 Å². The normalized spacial score (nSPS) is 14.8. The Morgan fingerprint density at radius 2 is 2.23 bits per heavy atom. The Balaban J connectivity index is 4.15. The molecule has 3 nitrogen and oxygen atoms in total. The zero-order valence-electron chi connectivity index (χ0n) is 8.32. The van der Waals surface area contributed by atoms with Gasteiger partial charge < -0.3 is 10.1 Å². The van der Waals surface area contributed by atoms with Crippen LogP contribution < -0.4 is 5.32 Å². The van der Waals surface area contributed by atoms with Crippen molar-refractivity contribution in [1.82, 2.24) is 5.32 Å². The van der Waals surface area contributed by atoms with Crippen LogP contribution in [0.25, 0.3) is 0 Å². The lowest BCUT2D eigenvalue weighted by atomic mass is 10.0. The molecule has 1 unspecified atom stereocenters. The topological polar surface area (TPSA) is 38.3 Å². The van der Waals surface area contributed by atoms with Gasteiger partial charge in [0, 0.05) is 18.1 Å². The largest absolute Gasteiger partial charge is 0.369 e. The first-order chi connectivity index (χ1) is 5.96. The van der Waals surface area contributed by atoms with Crippen LogP contribution in [0.3, 0.4) is 0 Å². The third-order valence-corrected chi connectivity index (χ3v) is 2.33. The highest BCUT2D eigenvalue weighted by molar-refractivity contribution is 9.11. The lowest BCUT2D eigenvalue weighted by Crippen LogP contribution is -2.45. The number of ether oxygens (including phenoxy) is 1. The van der Waals surface area contributed by atoms with Gasteiger partial charge in [0.2, 0.25) is 0 Å². The molecule has 0 aliphatic carbocycles. The predicted octanol–water partition coefficient (Wildman–Crippen LogP) is 1.83. The van der Waals surface area contributed by atoms with Crippen molar-refractivity contribution in [3.8, 4) is 0 Å². The van der Waals surface area contributed by atoms with Gasteiger partial charge in [-0.15, -0.1) is 0 Å². The van der Waals surface area contributed by atoms with E-state index in [1.807, 2.05) is 6.92 Å². The number of hydrogen-bond acceptors (Lipinski definition) is 2.